The van der Waals surface area contributed by atoms with Crippen molar-refractivity contribution in [3.8, 4) is 0 Å². The molecule has 1 rings (SSSR count). The van der Waals surface area contributed by atoms with Gasteiger partial charge in [-0.3, -0.25) is 9.59 Å². The number of rotatable bonds is 4. The van der Waals surface area contributed by atoms with Crippen LogP contribution in [-0.2, 0) is 17.6 Å². The molecule has 0 saturated heterocycles. The molecule has 6 nitrogen and oxygen atoms in total. The minimum atomic E-state index is -1.13. The number of nitrogens with two attached hydrogens (primary N) is 1. The standard InChI is InChI=1S/C8H12N2O4/c1-2-6-4(7(11)10-14-6)3-5(9)8(12)13/h5H,2-3,9H2,1H3,(H,10,11)(H,12,13). The zero-order valence-electron chi connectivity index (χ0n) is 7.74. The van der Waals surface area contributed by atoms with Crippen LogP contribution in [0.1, 0.15) is 18.2 Å². The molecular weight excluding hydrogens is 188 g/mol. The third kappa shape index (κ3) is 2.02. The number of carboxylic acid groups (broad SMARTS) is 1. The van der Waals surface area contributed by atoms with E-state index in [1.807, 2.05) is 6.92 Å². The third-order valence-electron chi connectivity index (χ3n) is 1.94. The Morgan fingerprint density at radius 2 is 2.36 bits per heavy atom. The van der Waals surface area contributed by atoms with Crippen LogP contribution >= 0.6 is 0 Å². The van der Waals surface area contributed by atoms with Gasteiger partial charge in [0, 0.05) is 12.8 Å². The van der Waals surface area contributed by atoms with Crippen molar-refractivity contribution >= 4 is 5.97 Å². The Morgan fingerprint density at radius 1 is 1.71 bits per heavy atom. The minimum Gasteiger partial charge on any atom is -0.480 e. The van der Waals surface area contributed by atoms with E-state index in [0.29, 0.717) is 17.7 Å². The van der Waals surface area contributed by atoms with Gasteiger partial charge in [0.25, 0.3) is 5.56 Å². The smallest absolute Gasteiger partial charge is 0.320 e. The Labute approximate surface area is 79.7 Å². The van der Waals surface area contributed by atoms with Crippen LogP contribution in [0.15, 0.2) is 9.32 Å². The van der Waals surface area contributed by atoms with Gasteiger partial charge in [0.1, 0.15) is 11.8 Å². The number of carboxylic acids is 1. The van der Waals surface area contributed by atoms with Gasteiger partial charge in [0.05, 0.1) is 5.56 Å². The Morgan fingerprint density at radius 3 is 2.86 bits per heavy atom. The van der Waals surface area contributed by atoms with E-state index in [4.69, 9.17) is 15.4 Å². The Bertz CT molecular complexity index is 379. The van der Waals surface area contributed by atoms with E-state index in [2.05, 4.69) is 5.16 Å². The van der Waals surface area contributed by atoms with Crippen molar-refractivity contribution in [1.82, 2.24) is 5.16 Å². The average molecular weight is 200 g/mol. The molecule has 6 heteroatoms. The summed E-state index contributed by atoms with van der Waals surface area (Å²) in [5, 5.41) is 10.7. The summed E-state index contributed by atoms with van der Waals surface area (Å²) >= 11 is 0. The predicted octanol–water partition coefficient (Wildman–Crippen LogP) is -0.515. The lowest BCUT2D eigenvalue weighted by atomic mass is 10.1. The van der Waals surface area contributed by atoms with Crippen LogP contribution in [-0.4, -0.2) is 22.3 Å². The van der Waals surface area contributed by atoms with Crippen LogP contribution in [0, 0.1) is 0 Å². The van der Waals surface area contributed by atoms with Crippen LogP contribution in [0.3, 0.4) is 0 Å². The molecule has 1 aromatic heterocycles. The molecule has 0 aliphatic heterocycles. The van der Waals surface area contributed by atoms with Gasteiger partial charge in [-0.15, -0.1) is 0 Å². The highest BCUT2D eigenvalue weighted by molar-refractivity contribution is 5.73. The lowest BCUT2D eigenvalue weighted by Crippen LogP contribution is -2.34. The first-order valence-electron chi connectivity index (χ1n) is 4.23. The summed E-state index contributed by atoms with van der Waals surface area (Å²) < 4.78 is 4.84. The first kappa shape index (κ1) is 10.5. The van der Waals surface area contributed by atoms with Gasteiger partial charge in [0.2, 0.25) is 0 Å². The second kappa shape index (κ2) is 4.10. The molecule has 78 valence electrons. The van der Waals surface area contributed by atoms with Gasteiger partial charge in [0.15, 0.2) is 0 Å². The molecule has 4 N–H and O–H groups in total. The molecule has 1 atom stereocenters. The van der Waals surface area contributed by atoms with E-state index < -0.39 is 17.6 Å². The van der Waals surface area contributed by atoms with Crippen LogP contribution in [0.2, 0.25) is 0 Å². The van der Waals surface area contributed by atoms with E-state index >= 15 is 0 Å². The van der Waals surface area contributed by atoms with E-state index in [-0.39, 0.29) is 6.42 Å². The molecule has 0 radical (unpaired) electrons. The van der Waals surface area contributed by atoms with Crippen molar-refractivity contribution in [2.75, 3.05) is 0 Å². The second-order valence-corrected chi connectivity index (χ2v) is 2.94. The van der Waals surface area contributed by atoms with Crippen LogP contribution < -0.4 is 11.3 Å². The lowest BCUT2D eigenvalue weighted by molar-refractivity contribution is -0.138. The molecule has 0 fully saturated rings. The van der Waals surface area contributed by atoms with E-state index in [1.54, 1.807) is 0 Å². The van der Waals surface area contributed by atoms with Gasteiger partial charge >= 0.3 is 5.97 Å². The fourth-order valence-corrected chi connectivity index (χ4v) is 1.16. The van der Waals surface area contributed by atoms with E-state index in [0.717, 1.165) is 0 Å². The second-order valence-electron chi connectivity index (χ2n) is 2.94. The average Bonchev–Trinajstić information content (AvgIpc) is 2.47. The molecule has 0 aliphatic rings. The summed E-state index contributed by atoms with van der Waals surface area (Å²) in [6, 6.07) is -1.07. The first-order valence-corrected chi connectivity index (χ1v) is 4.23. The molecular formula is C8H12N2O4. The molecule has 0 saturated carbocycles. The Hall–Kier alpha value is -1.56. The number of carbonyl (C=O) groups is 1. The summed E-state index contributed by atoms with van der Waals surface area (Å²) in [7, 11) is 0. The van der Waals surface area contributed by atoms with Crippen LogP contribution in [0.5, 0.6) is 0 Å². The number of hydrogen-bond donors (Lipinski definition) is 3. The maximum Gasteiger partial charge on any atom is 0.320 e. The number of aromatic amines is 1. The number of aryl methyl sites for hydroxylation is 1. The number of nitrogens with one attached hydrogen (secondary N) is 1. The molecule has 1 unspecified atom stereocenters. The molecule has 14 heavy (non-hydrogen) atoms. The molecule has 1 aromatic rings. The number of aromatic nitrogens is 1. The van der Waals surface area contributed by atoms with Gasteiger partial charge in [-0.05, 0) is 0 Å². The highest BCUT2D eigenvalue weighted by atomic mass is 16.5. The van der Waals surface area contributed by atoms with Crippen molar-refractivity contribution in [1.29, 1.82) is 0 Å². The maximum atomic E-state index is 11.2. The SMILES string of the molecule is CCc1o[nH]c(=O)c1CC(N)C(=O)O. The zero-order valence-corrected chi connectivity index (χ0v) is 7.74. The number of H-pyrrole nitrogens is 1. The third-order valence-corrected chi connectivity index (χ3v) is 1.94. The summed E-state index contributed by atoms with van der Waals surface area (Å²) in [4.78, 5) is 21.6. The van der Waals surface area contributed by atoms with Crippen molar-refractivity contribution in [2.24, 2.45) is 5.73 Å². The summed E-state index contributed by atoms with van der Waals surface area (Å²) in [6.07, 6.45) is 0.519. The van der Waals surface area contributed by atoms with Gasteiger partial charge in [-0.25, -0.2) is 0 Å². The monoisotopic (exact) mass is 200 g/mol. The van der Waals surface area contributed by atoms with E-state index in [9.17, 15) is 9.59 Å². The fraction of sp³-hybridized carbons (Fsp3) is 0.500. The highest BCUT2D eigenvalue weighted by Crippen LogP contribution is 2.06. The van der Waals surface area contributed by atoms with Crippen molar-refractivity contribution < 1.29 is 14.4 Å². The zero-order chi connectivity index (χ0) is 10.7. The number of hydrogen-bond acceptors (Lipinski definition) is 4. The minimum absolute atomic E-state index is 0.00958. The fourth-order valence-electron chi connectivity index (χ4n) is 1.16. The maximum absolute atomic E-state index is 11.2. The summed E-state index contributed by atoms with van der Waals surface area (Å²) in [5.41, 5.74) is 5.22. The molecule has 1 heterocycles. The Kier molecular flexibility index (Phi) is 3.08. The molecule has 0 spiro atoms. The number of aliphatic carboxylic acids is 1. The molecule has 0 aromatic carbocycles. The molecule has 0 aliphatic carbocycles. The summed E-state index contributed by atoms with van der Waals surface area (Å²) in [6.45, 7) is 1.81. The van der Waals surface area contributed by atoms with Gasteiger partial charge < -0.3 is 15.4 Å². The van der Waals surface area contributed by atoms with E-state index in [1.165, 1.54) is 0 Å². The van der Waals surface area contributed by atoms with Gasteiger partial charge in [-0.2, -0.15) is 5.16 Å². The highest BCUT2D eigenvalue weighted by Gasteiger charge is 2.18. The van der Waals surface area contributed by atoms with Crippen LogP contribution in [0.4, 0.5) is 0 Å². The summed E-state index contributed by atoms with van der Waals surface area (Å²) in [5.74, 6) is -0.667. The quantitative estimate of drug-likeness (QED) is 0.606. The molecule has 0 bridgehead atoms. The van der Waals surface area contributed by atoms with Crippen molar-refractivity contribution in [3.05, 3.63) is 21.7 Å². The topological polar surface area (TPSA) is 109 Å². The normalized spacial score (nSPS) is 12.7. The lowest BCUT2D eigenvalue weighted by Gasteiger charge is -2.03. The van der Waals surface area contributed by atoms with Gasteiger partial charge in [-0.1, -0.05) is 6.92 Å². The van der Waals surface area contributed by atoms with Crippen molar-refractivity contribution in [2.45, 2.75) is 25.8 Å². The van der Waals surface area contributed by atoms with Crippen molar-refractivity contribution in [3.63, 3.8) is 0 Å². The first-order chi connectivity index (χ1) is 6.56. The Balaban J connectivity index is 2.90. The molecule has 0 amide bonds. The van der Waals surface area contributed by atoms with Crippen LogP contribution in [0.25, 0.3) is 0 Å². The largest absolute Gasteiger partial charge is 0.480 e. The predicted molar refractivity (Wildman–Crippen MR) is 48.0 cm³/mol.